The molecule has 0 saturated heterocycles. The van der Waals surface area contributed by atoms with Gasteiger partial charge in [0.2, 0.25) is 0 Å². The minimum absolute atomic E-state index is 0.346. The highest BCUT2D eigenvalue weighted by Gasteiger charge is 2.22. The third kappa shape index (κ3) is 1.93. The molecule has 0 spiro atoms. The van der Waals surface area contributed by atoms with Crippen LogP contribution in [0.4, 0.5) is 0 Å². The van der Waals surface area contributed by atoms with Crippen molar-refractivity contribution in [2.45, 2.75) is 12.8 Å². The van der Waals surface area contributed by atoms with Gasteiger partial charge in [0.1, 0.15) is 17.4 Å². The molecule has 0 aromatic carbocycles. The van der Waals surface area contributed by atoms with Gasteiger partial charge < -0.3 is 9.14 Å². The Hall–Kier alpha value is -2.35. The van der Waals surface area contributed by atoms with Crippen molar-refractivity contribution in [2.75, 3.05) is 6.61 Å². The second kappa shape index (κ2) is 4.15. The van der Waals surface area contributed by atoms with Crippen LogP contribution in [0, 0.1) is 17.2 Å². The number of carbonyl (C=O) groups excluding carboxylic acids is 1. The summed E-state index contributed by atoms with van der Waals surface area (Å²) in [7, 11) is 0. The molecule has 5 heteroatoms. The van der Waals surface area contributed by atoms with E-state index in [2.05, 4.69) is 11.1 Å². The second-order valence-electron chi connectivity index (χ2n) is 4.47. The second-order valence-corrected chi connectivity index (χ2v) is 4.47. The molecule has 0 atom stereocenters. The average molecular weight is 241 g/mol. The van der Waals surface area contributed by atoms with Crippen LogP contribution in [0.2, 0.25) is 0 Å². The molecule has 5 nitrogen and oxygen atoms in total. The molecule has 0 radical (unpaired) electrons. The molecule has 0 aliphatic heterocycles. The standard InChI is InChI=1S/C13H11N3O2/c14-4-10-3-13-15-11(7-17)5-16(13)6-12(10)18-8-9-1-2-9/h3,5-7,9H,1-2,8H2. The molecular weight excluding hydrogens is 230 g/mol. The van der Waals surface area contributed by atoms with Gasteiger partial charge in [0.25, 0.3) is 0 Å². The predicted octanol–water partition coefficient (Wildman–Crippen LogP) is 1.81. The molecule has 1 fully saturated rings. The monoisotopic (exact) mass is 241 g/mol. The van der Waals surface area contributed by atoms with E-state index in [-0.39, 0.29) is 0 Å². The number of aldehydes is 1. The van der Waals surface area contributed by atoms with Crippen LogP contribution in [-0.2, 0) is 0 Å². The number of carbonyl (C=O) groups is 1. The Kier molecular flexibility index (Phi) is 2.49. The number of aromatic nitrogens is 2. The number of fused-ring (bicyclic) bond motifs is 1. The molecule has 2 aromatic heterocycles. The van der Waals surface area contributed by atoms with Gasteiger partial charge >= 0.3 is 0 Å². The fraction of sp³-hybridized carbons (Fsp3) is 0.308. The lowest BCUT2D eigenvalue weighted by molar-refractivity contribution is 0.111. The normalized spacial score (nSPS) is 14.4. The highest BCUT2D eigenvalue weighted by Crippen LogP contribution is 2.30. The maximum absolute atomic E-state index is 10.7. The molecule has 1 aliphatic carbocycles. The van der Waals surface area contributed by atoms with E-state index in [9.17, 15) is 4.79 Å². The first-order chi connectivity index (χ1) is 8.80. The summed E-state index contributed by atoms with van der Waals surface area (Å²) in [6.45, 7) is 0.648. The van der Waals surface area contributed by atoms with Crippen LogP contribution >= 0.6 is 0 Å². The van der Waals surface area contributed by atoms with Crippen molar-refractivity contribution >= 4 is 11.9 Å². The van der Waals surface area contributed by atoms with Gasteiger partial charge in [-0.1, -0.05) is 0 Å². The summed E-state index contributed by atoms with van der Waals surface area (Å²) in [4.78, 5) is 14.7. The van der Waals surface area contributed by atoms with Gasteiger partial charge in [-0.3, -0.25) is 4.79 Å². The molecule has 0 amide bonds. The predicted molar refractivity (Wildman–Crippen MR) is 63.5 cm³/mol. The minimum Gasteiger partial charge on any atom is -0.490 e. The van der Waals surface area contributed by atoms with Gasteiger partial charge in [-0.2, -0.15) is 5.26 Å². The van der Waals surface area contributed by atoms with Crippen LogP contribution in [0.25, 0.3) is 5.65 Å². The van der Waals surface area contributed by atoms with Gasteiger partial charge in [-0.15, -0.1) is 0 Å². The zero-order chi connectivity index (χ0) is 12.5. The summed E-state index contributed by atoms with van der Waals surface area (Å²) in [5, 5.41) is 9.09. The maximum atomic E-state index is 10.7. The van der Waals surface area contributed by atoms with Crippen molar-refractivity contribution in [1.29, 1.82) is 5.26 Å². The van der Waals surface area contributed by atoms with E-state index in [1.165, 1.54) is 12.8 Å². The Bertz CT molecular complexity index is 650. The maximum Gasteiger partial charge on any atom is 0.170 e. The van der Waals surface area contributed by atoms with E-state index in [1.807, 2.05) is 0 Å². The quantitative estimate of drug-likeness (QED) is 0.765. The van der Waals surface area contributed by atoms with E-state index < -0.39 is 0 Å². The van der Waals surface area contributed by atoms with Crippen LogP contribution < -0.4 is 4.74 Å². The molecule has 2 aromatic rings. The molecule has 0 bridgehead atoms. The van der Waals surface area contributed by atoms with Gasteiger partial charge in [0.15, 0.2) is 12.0 Å². The number of nitriles is 1. The lowest BCUT2D eigenvalue weighted by atomic mass is 10.2. The largest absolute Gasteiger partial charge is 0.490 e. The van der Waals surface area contributed by atoms with Crippen molar-refractivity contribution in [3.05, 3.63) is 29.7 Å². The van der Waals surface area contributed by atoms with Crippen molar-refractivity contribution < 1.29 is 9.53 Å². The third-order valence-electron chi connectivity index (χ3n) is 2.99. The zero-order valence-corrected chi connectivity index (χ0v) is 9.67. The lowest BCUT2D eigenvalue weighted by Crippen LogP contribution is -2.02. The fourth-order valence-electron chi connectivity index (χ4n) is 1.79. The van der Waals surface area contributed by atoms with Gasteiger partial charge in [0, 0.05) is 12.3 Å². The number of imidazole rings is 1. The molecule has 90 valence electrons. The molecule has 0 unspecified atom stereocenters. The van der Waals surface area contributed by atoms with Crippen LogP contribution in [0.1, 0.15) is 28.9 Å². The third-order valence-corrected chi connectivity index (χ3v) is 2.99. The first-order valence-corrected chi connectivity index (χ1v) is 5.81. The summed E-state index contributed by atoms with van der Waals surface area (Å²) in [5.41, 5.74) is 1.37. The van der Waals surface area contributed by atoms with Gasteiger partial charge in [-0.25, -0.2) is 4.98 Å². The SMILES string of the molecule is N#Cc1cc2nc(C=O)cn2cc1OCC1CC1. The zero-order valence-electron chi connectivity index (χ0n) is 9.67. The van der Waals surface area contributed by atoms with Crippen molar-refractivity contribution in [3.8, 4) is 11.8 Å². The van der Waals surface area contributed by atoms with Crippen LogP contribution in [0.5, 0.6) is 5.75 Å². The number of nitrogens with zero attached hydrogens (tertiary/aromatic N) is 3. The van der Waals surface area contributed by atoms with E-state index in [4.69, 9.17) is 10.00 Å². The molecule has 1 saturated carbocycles. The first-order valence-electron chi connectivity index (χ1n) is 5.81. The van der Waals surface area contributed by atoms with E-state index in [0.717, 1.165) is 0 Å². The molecule has 18 heavy (non-hydrogen) atoms. The summed E-state index contributed by atoms with van der Waals surface area (Å²) in [5.74, 6) is 1.17. The lowest BCUT2D eigenvalue weighted by Gasteiger charge is -2.07. The summed E-state index contributed by atoms with van der Waals surface area (Å²) < 4.78 is 7.34. The van der Waals surface area contributed by atoms with Crippen LogP contribution in [0.3, 0.4) is 0 Å². The number of ether oxygens (including phenoxy) is 1. The Morgan fingerprint density at radius 2 is 2.39 bits per heavy atom. The minimum atomic E-state index is 0.346. The van der Waals surface area contributed by atoms with Crippen molar-refractivity contribution in [3.63, 3.8) is 0 Å². The Balaban J connectivity index is 1.99. The van der Waals surface area contributed by atoms with Crippen molar-refractivity contribution in [2.24, 2.45) is 5.92 Å². The molecular formula is C13H11N3O2. The number of rotatable bonds is 4. The molecule has 2 heterocycles. The molecule has 0 N–H and O–H groups in total. The van der Waals surface area contributed by atoms with Gasteiger partial charge in [-0.05, 0) is 18.8 Å². The highest BCUT2D eigenvalue weighted by atomic mass is 16.5. The molecule has 1 aliphatic rings. The summed E-state index contributed by atoms with van der Waals surface area (Å²) in [6.07, 6.45) is 6.41. The first kappa shape index (κ1) is 10.8. The van der Waals surface area contributed by atoms with Crippen LogP contribution in [-0.4, -0.2) is 22.3 Å². The Morgan fingerprint density at radius 3 is 3.06 bits per heavy atom. The smallest absolute Gasteiger partial charge is 0.170 e. The number of hydrogen-bond acceptors (Lipinski definition) is 4. The summed E-state index contributed by atoms with van der Waals surface area (Å²) in [6, 6.07) is 3.73. The van der Waals surface area contributed by atoms with E-state index in [0.29, 0.717) is 41.5 Å². The fourth-order valence-corrected chi connectivity index (χ4v) is 1.79. The van der Waals surface area contributed by atoms with Crippen LogP contribution in [0.15, 0.2) is 18.5 Å². The topological polar surface area (TPSA) is 67.4 Å². The highest BCUT2D eigenvalue weighted by molar-refractivity contribution is 5.73. The van der Waals surface area contributed by atoms with Crippen molar-refractivity contribution in [1.82, 2.24) is 9.38 Å². The Morgan fingerprint density at radius 1 is 1.56 bits per heavy atom. The average Bonchev–Trinajstić information content (AvgIpc) is 3.13. The molecule has 3 rings (SSSR count). The van der Waals surface area contributed by atoms with E-state index in [1.54, 1.807) is 22.9 Å². The Labute approximate surface area is 104 Å². The van der Waals surface area contributed by atoms with Gasteiger partial charge in [0.05, 0.1) is 18.4 Å². The number of pyridine rings is 1. The van der Waals surface area contributed by atoms with E-state index >= 15 is 0 Å². The number of hydrogen-bond donors (Lipinski definition) is 0. The summed E-state index contributed by atoms with van der Waals surface area (Å²) >= 11 is 0.